The van der Waals surface area contributed by atoms with Gasteiger partial charge in [-0.05, 0) is 18.6 Å². The van der Waals surface area contributed by atoms with E-state index in [1.165, 1.54) is 36.7 Å². The zero-order chi connectivity index (χ0) is 15.3. The van der Waals surface area contributed by atoms with Crippen molar-refractivity contribution in [3.63, 3.8) is 0 Å². The normalized spacial score (nSPS) is 10.3. The van der Waals surface area contributed by atoms with E-state index in [0.29, 0.717) is 25.3 Å². The molecule has 1 aromatic heterocycles. The Labute approximate surface area is 127 Å². The maximum absolute atomic E-state index is 12.0. The second-order valence-corrected chi connectivity index (χ2v) is 5.25. The van der Waals surface area contributed by atoms with Gasteiger partial charge in [-0.25, -0.2) is 0 Å². The molecule has 21 heavy (non-hydrogen) atoms. The molecule has 1 aromatic rings. The van der Waals surface area contributed by atoms with Crippen molar-refractivity contribution in [1.82, 2.24) is 4.57 Å². The fraction of sp³-hybridized carbons (Fsp3) is 0.647. The molecule has 0 atom stereocenters. The van der Waals surface area contributed by atoms with E-state index >= 15 is 0 Å². The van der Waals surface area contributed by atoms with Gasteiger partial charge in [-0.2, -0.15) is 5.26 Å². The minimum absolute atomic E-state index is 0.143. The number of nitriles is 1. The van der Waals surface area contributed by atoms with Crippen molar-refractivity contribution in [2.75, 3.05) is 6.61 Å². The average Bonchev–Trinajstić information content (AvgIpc) is 2.50. The lowest BCUT2D eigenvalue weighted by atomic mass is 10.1. The molecular weight excluding hydrogens is 264 g/mol. The Morgan fingerprint density at radius 1 is 1.19 bits per heavy atom. The molecule has 0 aromatic carbocycles. The lowest BCUT2D eigenvalue weighted by molar-refractivity contribution is 0.298. The molecule has 4 nitrogen and oxygen atoms in total. The molecule has 1 rings (SSSR count). The zero-order valence-electron chi connectivity index (χ0n) is 13.0. The van der Waals surface area contributed by atoms with Crippen molar-refractivity contribution in [3.8, 4) is 11.8 Å². The van der Waals surface area contributed by atoms with Crippen LogP contribution in [-0.2, 0) is 6.54 Å². The Morgan fingerprint density at radius 3 is 2.62 bits per heavy atom. The average molecular weight is 290 g/mol. The molecule has 0 saturated heterocycles. The first-order valence-electron chi connectivity index (χ1n) is 7.98. The quantitative estimate of drug-likeness (QED) is 0.581. The first-order valence-corrected chi connectivity index (χ1v) is 7.98. The standard InChI is InChI=1S/C17H26N2O2/c1-2-3-4-5-6-7-8-15-21-16-11-9-13-19(17(16)20)14-10-12-18/h9,11,13H,2-8,10,14-15H2,1H3. The number of ether oxygens (including phenoxy) is 1. The summed E-state index contributed by atoms with van der Waals surface area (Å²) in [4.78, 5) is 12.0. The smallest absolute Gasteiger partial charge is 0.292 e. The Hall–Kier alpha value is -1.76. The molecule has 0 radical (unpaired) electrons. The summed E-state index contributed by atoms with van der Waals surface area (Å²) in [7, 11) is 0. The molecule has 0 saturated carbocycles. The first kappa shape index (κ1) is 17.3. The van der Waals surface area contributed by atoms with Gasteiger partial charge in [-0.1, -0.05) is 45.4 Å². The third-order valence-corrected chi connectivity index (χ3v) is 3.46. The number of unbranched alkanes of at least 4 members (excludes halogenated alkanes) is 6. The van der Waals surface area contributed by atoms with Gasteiger partial charge in [0.2, 0.25) is 0 Å². The summed E-state index contributed by atoms with van der Waals surface area (Å²) < 4.78 is 7.10. The van der Waals surface area contributed by atoms with Crippen molar-refractivity contribution >= 4 is 0 Å². The largest absolute Gasteiger partial charge is 0.488 e. The van der Waals surface area contributed by atoms with Crippen LogP contribution in [0.15, 0.2) is 23.1 Å². The van der Waals surface area contributed by atoms with Crippen LogP contribution in [0.25, 0.3) is 0 Å². The lowest BCUT2D eigenvalue weighted by Crippen LogP contribution is -2.21. The number of nitrogens with zero attached hydrogens (tertiary/aromatic N) is 2. The van der Waals surface area contributed by atoms with Crippen molar-refractivity contribution in [3.05, 3.63) is 28.7 Å². The lowest BCUT2D eigenvalue weighted by Gasteiger charge is -2.08. The highest BCUT2D eigenvalue weighted by Crippen LogP contribution is 2.08. The van der Waals surface area contributed by atoms with Crippen molar-refractivity contribution in [2.24, 2.45) is 0 Å². The molecule has 0 bridgehead atoms. The van der Waals surface area contributed by atoms with E-state index in [4.69, 9.17) is 10.00 Å². The minimum atomic E-state index is -0.143. The molecule has 0 amide bonds. The van der Waals surface area contributed by atoms with E-state index in [1.807, 2.05) is 6.07 Å². The number of rotatable bonds is 11. The van der Waals surface area contributed by atoms with Gasteiger partial charge >= 0.3 is 0 Å². The topological polar surface area (TPSA) is 55.0 Å². The molecule has 1 heterocycles. The van der Waals surface area contributed by atoms with Crippen molar-refractivity contribution in [2.45, 2.75) is 64.8 Å². The summed E-state index contributed by atoms with van der Waals surface area (Å²) in [5.74, 6) is 0.390. The Morgan fingerprint density at radius 2 is 1.90 bits per heavy atom. The summed E-state index contributed by atoms with van der Waals surface area (Å²) in [5.41, 5.74) is -0.143. The number of aryl methyl sites for hydroxylation is 1. The third-order valence-electron chi connectivity index (χ3n) is 3.46. The van der Waals surface area contributed by atoms with Gasteiger partial charge in [-0.3, -0.25) is 4.79 Å². The second-order valence-electron chi connectivity index (χ2n) is 5.25. The van der Waals surface area contributed by atoms with Crippen molar-refractivity contribution < 1.29 is 4.74 Å². The molecular formula is C17H26N2O2. The maximum atomic E-state index is 12.0. The highest BCUT2D eigenvalue weighted by atomic mass is 16.5. The molecule has 0 unspecified atom stereocenters. The van der Waals surface area contributed by atoms with Crippen LogP contribution in [0.3, 0.4) is 0 Å². The van der Waals surface area contributed by atoms with E-state index in [-0.39, 0.29) is 5.56 Å². The summed E-state index contributed by atoms with van der Waals surface area (Å²) >= 11 is 0. The molecule has 0 N–H and O–H groups in total. The maximum Gasteiger partial charge on any atom is 0.292 e. The molecule has 0 aliphatic carbocycles. The van der Waals surface area contributed by atoms with Crippen LogP contribution in [0.1, 0.15) is 58.3 Å². The van der Waals surface area contributed by atoms with Crippen LogP contribution in [0.4, 0.5) is 0 Å². The highest BCUT2D eigenvalue weighted by molar-refractivity contribution is 5.17. The van der Waals surface area contributed by atoms with Gasteiger partial charge in [0.25, 0.3) is 5.56 Å². The van der Waals surface area contributed by atoms with Crippen molar-refractivity contribution in [1.29, 1.82) is 5.26 Å². The van der Waals surface area contributed by atoms with E-state index in [2.05, 4.69) is 6.92 Å². The van der Waals surface area contributed by atoms with Gasteiger partial charge in [0, 0.05) is 12.7 Å². The van der Waals surface area contributed by atoms with E-state index < -0.39 is 0 Å². The summed E-state index contributed by atoms with van der Waals surface area (Å²) in [6.07, 6.45) is 10.6. The summed E-state index contributed by atoms with van der Waals surface area (Å²) in [6, 6.07) is 5.53. The second kappa shape index (κ2) is 11.0. The molecule has 0 aliphatic rings. The Balaban J connectivity index is 2.26. The summed E-state index contributed by atoms with van der Waals surface area (Å²) in [6.45, 7) is 3.23. The fourth-order valence-electron chi connectivity index (χ4n) is 2.21. The molecule has 116 valence electrons. The number of aromatic nitrogens is 1. The van der Waals surface area contributed by atoms with Crippen LogP contribution in [0.5, 0.6) is 5.75 Å². The van der Waals surface area contributed by atoms with Gasteiger partial charge in [0.05, 0.1) is 19.1 Å². The Kier molecular flexibility index (Phi) is 9.03. The van der Waals surface area contributed by atoms with Gasteiger partial charge < -0.3 is 9.30 Å². The fourth-order valence-corrected chi connectivity index (χ4v) is 2.21. The number of hydrogen-bond acceptors (Lipinski definition) is 3. The molecule has 0 spiro atoms. The monoisotopic (exact) mass is 290 g/mol. The third kappa shape index (κ3) is 6.99. The zero-order valence-corrected chi connectivity index (χ0v) is 13.0. The van der Waals surface area contributed by atoms with E-state index in [9.17, 15) is 4.79 Å². The molecule has 0 aliphatic heterocycles. The van der Waals surface area contributed by atoms with Crippen LogP contribution < -0.4 is 10.3 Å². The van der Waals surface area contributed by atoms with Crippen LogP contribution >= 0.6 is 0 Å². The minimum Gasteiger partial charge on any atom is -0.488 e. The first-order chi connectivity index (χ1) is 10.3. The predicted octanol–water partition coefficient (Wildman–Crippen LogP) is 3.89. The molecule has 0 fully saturated rings. The van der Waals surface area contributed by atoms with E-state index in [1.54, 1.807) is 18.3 Å². The number of pyridine rings is 1. The van der Waals surface area contributed by atoms with Gasteiger partial charge in [0.15, 0.2) is 5.75 Å². The van der Waals surface area contributed by atoms with Crippen LogP contribution in [0.2, 0.25) is 0 Å². The van der Waals surface area contributed by atoms with Crippen LogP contribution in [-0.4, -0.2) is 11.2 Å². The van der Waals surface area contributed by atoms with Gasteiger partial charge in [-0.15, -0.1) is 0 Å². The highest BCUT2D eigenvalue weighted by Gasteiger charge is 2.03. The molecule has 4 heteroatoms. The summed E-state index contributed by atoms with van der Waals surface area (Å²) in [5, 5.41) is 8.57. The SMILES string of the molecule is CCCCCCCCCOc1cccn(CCC#N)c1=O. The van der Waals surface area contributed by atoms with Crippen LogP contribution in [0, 0.1) is 11.3 Å². The van der Waals surface area contributed by atoms with Gasteiger partial charge in [0.1, 0.15) is 0 Å². The Bertz CT molecular complexity index is 488. The van der Waals surface area contributed by atoms with E-state index in [0.717, 1.165) is 12.8 Å². The predicted molar refractivity (Wildman–Crippen MR) is 84.4 cm³/mol. The number of hydrogen-bond donors (Lipinski definition) is 0.